The van der Waals surface area contributed by atoms with Crippen LogP contribution in [0.25, 0.3) is 10.8 Å². The summed E-state index contributed by atoms with van der Waals surface area (Å²) in [4.78, 5) is 2.39. The predicted octanol–water partition coefficient (Wildman–Crippen LogP) is 4.87. The van der Waals surface area contributed by atoms with Crippen molar-refractivity contribution >= 4 is 28.1 Å². The lowest BCUT2D eigenvalue weighted by Gasteiger charge is -2.39. The molecule has 0 spiro atoms. The number of aromatic hydroxyl groups is 1. The van der Waals surface area contributed by atoms with Crippen LogP contribution in [0.1, 0.15) is 39.2 Å². The van der Waals surface area contributed by atoms with E-state index < -0.39 is 0 Å². The molecule has 0 saturated carbocycles. The van der Waals surface area contributed by atoms with Crippen LogP contribution in [0.4, 0.5) is 5.69 Å². The van der Waals surface area contributed by atoms with Gasteiger partial charge >= 0.3 is 0 Å². The molecule has 1 N–H and O–H groups in total. The molecule has 0 amide bonds. The number of hydrogen-bond acceptors (Lipinski definition) is 2. The minimum Gasteiger partial charge on any atom is -0.507 e. The third-order valence-electron chi connectivity index (χ3n) is 4.55. The SMILES string of the molecule is C[C@@H]1[C@@H](CCl)c2c(cc(O)c3ccccc23)N1C(C)(C)C. The van der Waals surface area contributed by atoms with Crippen molar-refractivity contribution in [2.24, 2.45) is 0 Å². The van der Waals surface area contributed by atoms with Crippen LogP contribution < -0.4 is 4.90 Å². The number of nitrogens with zero attached hydrogens (tertiary/aromatic N) is 1. The van der Waals surface area contributed by atoms with Gasteiger partial charge in [0, 0.05) is 40.5 Å². The molecule has 112 valence electrons. The molecule has 1 heterocycles. The highest BCUT2D eigenvalue weighted by Gasteiger charge is 2.41. The molecule has 1 aliphatic rings. The molecule has 1 aliphatic heterocycles. The highest BCUT2D eigenvalue weighted by Crippen LogP contribution is 2.50. The van der Waals surface area contributed by atoms with Gasteiger partial charge in [-0.15, -0.1) is 11.6 Å². The number of alkyl halides is 1. The Labute approximate surface area is 131 Å². The van der Waals surface area contributed by atoms with Crippen LogP contribution in [0.15, 0.2) is 30.3 Å². The van der Waals surface area contributed by atoms with Crippen molar-refractivity contribution in [3.63, 3.8) is 0 Å². The van der Waals surface area contributed by atoms with Crippen LogP contribution in [-0.4, -0.2) is 22.6 Å². The van der Waals surface area contributed by atoms with E-state index in [0.717, 1.165) is 16.5 Å². The fraction of sp³-hybridized carbons (Fsp3) is 0.444. The largest absolute Gasteiger partial charge is 0.507 e. The maximum Gasteiger partial charge on any atom is 0.125 e. The van der Waals surface area contributed by atoms with Crippen molar-refractivity contribution in [3.05, 3.63) is 35.9 Å². The van der Waals surface area contributed by atoms with Crippen molar-refractivity contribution in [1.82, 2.24) is 0 Å². The molecular weight excluding hydrogens is 282 g/mol. The Morgan fingerprint density at radius 3 is 2.38 bits per heavy atom. The van der Waals surface area contributed by atoms with Gasteiger partial charge in [0.2, 0.25) is 0 Å². The molecule has 0 aliphatic carbocycles. The van der Waals surface area contributed by atoms with Gasteiger partial charge in [0.05, 0.1) is 0 Å². The second-order valence-electron chi connectivity index (χ2n) is 6.92. The van der Waals surface area contributed by atoms with Crippen LogP contribution >= 0.6 is 11.6 Å². The van der Waals surface area contributed by atoms with Gasteiger partial charge in [-0.3, -0.25) is 0 Å². The Bertz CT molecular complexity index is 689. The predicted molar refractivity (Wildman–Crippen MR) is 90.8 cm³/mol. The molecule has 0 bridgehead atoms. The smallest absolute Gasteiger partial charge is 0.125 e. The fourth-order valence-electron chi connectivity index (χ4n) is 3.77. The van der Waals surface area contributed by atoms with E-state index >= 15 is 0 Å². The topological polar surface area (TPSA) is 23.5 Å². The lowest BCUT2D eigenvalue weighted by Crippen LogP contribution is -2.46. The summed E-state index contributed by atoms with van der Waals surface area (Å²) in [6, 6.07) is 10.3. The van der Waals surface area contributed by atoms with Gasteiger partial charge in [0.25, 0.3) is 0 Å². The molecule has 2 aromatic rings. The number of rotatable bonds is 1. The Morgan fingerprint density at radius 1 is 1.19 bits per heavy atom. The quantitative estimate of drug-likeness (QED) is 0.759. The zero-order valence-electron chi connectivity index (χ0n) is 13.0. The molecule has 0 unspecified atom stereocenters. The second kappa shape index (κ2) is 4.81. The minimum atomic E-state index is -0.0100. The lowest BCUT2D eigenvalue weighted by molar-refractivity contribution is 0.445. The van der Waals surface area contributed by atoms with Gasteiger partial charge < -0.3 is 10.0 Å². The van der Waals surface area contributed by atoms with E-state index in [4.69, 9.17) is 11.6 Å². The first-order valence-electron chi connectivity index (χ1n) is 7.46. The maximum atomic E-state index is 10.4. The standard InChI is InChI=1S/C18H22ClNO/c1-11-14(10-19)17-13-8-6-5-7-12(13)16(21)9-15(17)20(11)18(2,3)4/h5-9,11,14,21H,10H2,1-4H3/t11-,14-/m1/s1. The minimum absolute atomic E-state index is 0.0100. The zero-order chi connectivity index (χ0) is 15.4. The summed E-state index contributed by atoms with van der Waals surface area (Å²) in [5.41, 5.74) is 2.39. The number of halogens is 1. The highest BCUT2D eigenvalue weighted by molar-refractivity contribution is 6.19. The molecule has 0 aromatic heterocycles. The van der Waals surface area contributed by atoms with Crippen LogP contribution in [0.2, 0.25) is 0 Å². The monoisotopic (exact) mass is 303 g/mol. The third-order valence-corrected chi connectivity index (χ3v) is 4.88. The van der Waals surface area contributed by atoms with Gasteiger partial charge in [-0.05, 0) is 38.6 Å². The highest BCUT2D eigenvalue weighted by atomic mass is 35.5. The lowest BCUT2D eigenvalue weighted by atomic mass is 9.92. The van der Waals surface area contributed by atoms with E-state index in [1.807, 2.05) is 24.3 Å². The van der Waals surface area contributed by atoms with Crippen molar-refractivity contribution in [2.45, 2.75) is 45.2 Å². The Kier molecular flexibility index (Phi) is 3.32. The first-order valence-corrected chi connectivity index (χ1v) is 7.99. The van der Waals surface area contributed by atoms with E-state index in [1.165, 1.54) is 5.56 Å². The van der Waals surface area contributed by atoms with Gasteiger partial charge in [-0.1, -0.05) is 24.3 Å². The first kappa shape index (κ1) is 14.5. The van der Waals surface area contributed by atoms with Gasteiger partial charge in [-0.2, -0.15) is 0 Å². The second-order valence-corrected chi connectivity index (χ2v) is 7.22. The van der Waals surface area contributed by atoms with E-state index in [1.54, 1.807) is 0 Å². The van der Waals surface area contributed by atoms with Crippen LogP contribution in [0.3, 0.4) is 0 Å². The van der Waals surface area contributed by atoms with E-state index in [9.17, 15) is 5.11 Å². The maximum absolute atomic E-state index is 10.4. The van der Waals surface area contributed by atoms with Gasteiger partial charge in [-0.25, -0.2) is 0 Å². The molecule has 2 aromatic carbocycles. The van der Waals surface area contributed by atoms with Crippen LogP contribution in [-0.2, 0) is 0 Å². The van der Waals surface area contributed by atoms with E-state index in [-0.39, 0.29) is 11.5 Å². The molecule has 0 saturated heterocycles. The molecular formula is C18H22ClNO. The summed E-state index contributed by atoms with van der Waals surface area (Å²) in [7, 11) is 0. The average molecular weight is 304 g/mol. The molecule has 2 nitrogen and oxygen atoms in total. The summed E-state index contributed by atoms with van der Waals surface area (Å²) in [6.45, 7) is 8.84. The summed E-state index contributed by atoms with van der Waals surface area (Å²) < 4.78 is 0. The summed E-state index contributed by atoms with van der Waals surface area (Å²) in [6.07, 6.45) is 0. The molecule has 21 heavy (non-hydrogen) atoms. The fourth-order valence-corrected chi connectivity index (χ4v) is 4.18. The number of fused-ring (bicyclic) bond motifs is 3. The number of phenols is 1. The third kappa shape index (κ3) is 2.08. The Hall–Kier alpha value is -1.41. The van der Waals surface area contributed by atoms with Crippen LogP contribution in [0, 0.1) is 0 Å². The van der Waals surface area contributed by atoms with Crippen molar-refractivity contribution in [2.75, 3.05) is 10.8 Å². The van der Waals surface area contributed by atoms with E-state index in [2.05, 4.69) is 38.7 Å². The average Bonchev–Trinajstić information content (AvgIpc) is 2.70. The Morgan fingerprint density at radius 2 is 1.81 bits per heavy atom. The summed E-state index contributed by atoms with van der Waals surface area (Å²) >= 11 is 6.30. The summed E-state index contributed by atoms with van der Waals surface area (Å²) in [5.74, 6) is 1.22. The molecule has 0 radical (unpaired) electrons. The number of hydrogen-bond donors (Lipinski definition) is 1. The van der Waals surface area contributed by atoms with Gasteiger partial charge in [0.15, 0.2) is 0 Å². The van der Waals surface area contributed by atoms with Crippen molar-refractivity contribution in [1.29, 1.82) is 0 Å². The zero-order valence-corrected chi connectivity index (χ0v) is 13.8. The summed E-state index contributed by atoms with van der Waals surface area (Å²) in [5, 5.41) is 12.4. The molecule has 3 rings (SSSR count). The van der Waals surface area contributed by atoms with Crippen LogP contribution in [0.5, 0.6) is 5.75 Å². The van der Waals surface area contributed by atoms with Crippen molar-refractivity contribution < 1.29 is 5.11 Å². The van der Waals surface area contributed by atoms with Crippen molar-refractivity contribution in [3.8, 4) is 5.75 Å². The Balaban J connectivity index is 2.36. The molecule has 2 atom stereocenters. The molecule has 3 heteroatoms. The number of phenolic OH excluding ortho intramolecular Hbond substituents is 1. The number of benzene rings is 2. The first-order chi connectivity index (χ1) is 9.86. The van der Waals surface area contributed by atoms with Gasteiger partial charge in [0.1, 0.15) is 5.75 Å². The molecule has 0 fully saturated rings. The van der Waals surface area contributed by atoms with E-state index in [0.29, 0.717) is 17.7 Å². The normalized spacial score (nSPS) is 21.9. The number of anilines is 1.